The van der Waals surface area contributed by atoms with Crippen molar-refractivity contribution in [2.24, 2.45) is 5.84 Å². The number of hydrogen-bond donors (Lipinski definition) is 4. The van der Waals surface area contributed by atoms with Gasteiger partial charge in [-0.3, -0.25) is 5.84 Å². The molecule has 1 unspecified atom stereocenters. The highest BCUT2D eigenvalue weighted by Crippen LogP contribution is 2.24. The molecular weight excluding hydrogens is 240 g/mol. The SMILES string of the molecule is CCOC(=O)c1ccc(NN)c(C(O)C(=O)O)c1. The van der Waals surface area contributed by atoms with E-state index < -0.39 is 18.0 Å². The molecule has 0 amide bonds. The summed E-state index contributed by atoms with van der Waals surface area (Å²) < 4.78 is 4.78. The van der Waals surface area contributed by atoms with Gasteiger partial charge in [0.25, 0.3) is 0 Å². The lowest BCUT2D eigenvalue weighted by Crippen LogP contribution is -2.17. The highest BCUT2D eigenvalue weighted by molar-refractivity contribution is 5.91. The molecule has 0 aliphatic carbocycles. The van der Waals surface area contributed by atoms with Crippen LogP contribution >= 0.6 is 0 Å². The third kappa shape index (κ3) is 2.96. The van der Waals surface area contributed by atoms with Gasteiger partial charge in [-0.15, -0.1) is 0 Å². The summed E-state index contributed by atoms with van der Waals surface area (Å²) in [5.41, 5.74) is 2.61. The molecule has 5 N–H and O–H groups in total. The average Bonchev–Trinajstić information content (AvgIpc) is 2.37. The average molecular weight is 254 g/mol. The van der Waals surface area contributed by atoms with Gasteiger partial charge in [-0.1, -0.05) is 0 Å². The largest absolute Gasteiger partial charge is 0.479 e. The molecule has 0 bridgehead atoms. The van der Waals surface area contributed by atoms with Crippen molar-refractivity contribution in [1.29, 1.82) is 0 Å². The second kappa shape index (κ2) is 5.99. The molecule has 0 aliphatic heterocycles. The molecular formula is C11H14N2O5. The monoisotopic (exact) mass is 254 g/mol. The Morgan fingerprint density at radius 1 is 1.50 bits per heavy atom. The predicted molar refractivity (Wildman–Crippen MR) is 62.8 cm³/mol. The van der Waals surface area contributed by atoms with Crippen LogP contribution in [0.2, 0.25) is 0 Å². The van der Waals surface area contributed by atoms with Crippen molar-refractivity contribution >= 4 is 17.6 Å². The Kier molecular flexibility index (Phi) is 4.64. The molecule has 0 spiro atoms. The van der Waals surface area contributed by atoms with Crippen LogP contribution in [0.5, 0.6) is 0 Å². The molecule has 0 saturated carbocycles. The maximum absolute atomic E-state index is 11.5. The molecule has 0 aromatic heterocycles. The molecule has 0 radical (unpaired) electrons. The lowest BCUT2D eigenvalue weighted by molar-refractivity contribution is -0.146. The topological polar surface area (TPSA) is 122 Å². The van der Waals surface area contributed by atoms with Crippen molar-refractivity contribution in [3.8, 4) is 0 Å². The molecule has 0 aliphatic rings. The molecule has 7 heteroatoms. The number of nitrogens with one attached hydrogen (secondary N) is 1. The van der Waals surface area contributed by atoms with Gasteiger partial charge in [0.15, 0.2) is 6.10 Å². The van der Waals surface area contributed by atoms with Crippen molar-refractivity contribution in [3.05, 3.63) is 29.3 Å². The van der Waals surface area contributed by atoms with Gasteiger partial charge in [-0.05, 0) is 25.1 Å². The number of ether oxygens (including phenoxy) is 1. The fraction of sp³-hybridized carbons (Fsp3) is 0.273. The highest BCUT2D eigenvalue weighted by Gasteiger charge is 2.21. The minimum absolute atomic E-state index is 0.00412. The molecule has 1 rings (SSSR count). The van der Waals surface area contributed by atoms with E-state index in [4.69, 9.17) is 15.7 Å². The van der Waals surface area contributed by atoms with Crippen LogP contribution in [0.3, 0.4) is 0 Å². The summed E-state index contributed by atoms with van der Waals surface area (Å²) in [6.07, 6.45) is -1.77. The van der Waals surface area contributed by atoms with Crippen LogP contribution in [0.1, 0.15) is 28.9 Å². The number of hydrazine groups is 1. The summed E-state index contributed by atoms with van der Waals surface area (Å²) in [6, 6.07) is 4.05. The number of aliphatic carboxylic acids is 1. The first-order valence-electron chi connectivity index (χ1n) is 5.19. The van der Waals surface area contributed by atoms with E-state index in [1.165, 1.54) is 18.2 Å². The standard InChI is InChI=1S/C11H14N2O5/c1-2-18-11(17)6-3-4-8(13-12)7(5-6)9(14)10(15)16/h3-5,9,13-14H,2,12H2,1H3,(H,15,16). The Bertz CT molecular complexity index is 461. The third-order valence-electron chi connectivity index (χ3n) is 2.25. The second-order valence-corrected chi connectivity index (χ2v) is 3.41. The zero-order valence-electron chi connectivity index (χ0n) is 9.71. The predicted octanol–water partition coefficient (Wildman–Crippen LogP) is 0.267. The molecule has 1 aromatic carbocycles. The Balaban J connectivity index is 3.17. The first kappa shape index (κ1) is 13.9. The van der Waals surface area contributed by atoms with Gasteiger partial charge in [0.1, 0.15) is 0 Å². The van der Waals surface area contributed by atoms with Gasteiger partial charge in [-0.2, -0.15) is 0 Å². The summed E-state index contributed by atoms with van der Waals surface area (Å²) >= 11 is 0. The Morgan fingerprint density at radius 2 is 2.17 bits per heavy atom. The molecule has 98 valence electrons. The van der Waals surface area contributed by atoms with Crippen molar-refractivity contribution in [2.75, 3.05) is 12.0 Å². The van der Waals surface area contributed by atoms with Crippen LogP contribution in [0.4, 0.5) is 5.69 Å². The van der Waals surface area contributed by atoms with Crippen LogP contribution < -0.4 is 11.3 Å². The van der Waals surface area contributed by atoms with E-state index >= 15 is 0 Å². The van der Waals surface area contributed by atoms with Gasteiger partial charge >= 0.3 is 11.9 Å². The van der Waals surface area contributed by atoms with E-state index in [0.29, 0.717) is 0 Å². The van der Waals surface area contributed by atoms with Crippen molar-refractivity contribution in [2.45, 2.75) is 13.0 Å². The maximum Gasteiger partial charge on any atom is 0.338 e. The zero-order valence-corrected chi connectivity index (χ0v) is 9.71. The third-order valence-corrected chi connectivity index (χ3v) is 2.25. The van der Waals surface area contributed by atoms with E-state index in [1.54, 1.807) is 6.92 Å². The number of esters is 1. The van der Waals surface area contributed by atoms with Crippen LogP contribution in [0.15, 0.2) is 18.2 Å². The zero-order chi connectivity index (χ0) is 13.7. The smallest absolute Gasteiger partial charge is 0.338 e. The number of aliphatic hydroxyl groups excluding tert-OH is 1. The van der Waals surface area contributed by atoms with E-state index in [-0.39, 0.29) is 23.4 Å². The summed E-state index contributed by atoms with van der Waals surface area (Å²) in [4.78, 5) is 22.2. The van der Waals surface area contributed by atoms with Crippen molar-refractivity contribution in [1.82, 2.24) is 0 Å². The van der Waals surface area contributed by atoms with Crippen LogP contribution in [-0.4, -0.2) is 28.8 Å². The van der Waals surface area contributed by atoms with Gasteiger partial charge in [-0.25, -0.2) is 9.59 Å². The number of carbonyl (C=O) groups excluding carboxylic acids is 1. The number of carbonyl (C=O) groups is 2. The lowest BCUT2D eigenvalue weighted by atomic mass is 10.0. The number of benzene rings is 1. The summed E-state index contributed by atoms with van der Waals surface area (Å²) in [5, 5.41) is 18.3. The highest BCUT2D eigenvalue weighted by atomic mass is 16.5. The molecule has 0 fully saturated rings. The Morgan fingerprint density at radius 3 is 2.67 bits per heavy atom. The molecule has 1 atom stereocenters. The fourth-order valence-corrected chi connectivity index (χ4v) is 1.39. The van der Waals surface area contributed by atoms with Gasteiger partial charge < -0.3 is 20.4 Å². The van der Waals surface area contributed by atoms with Crippen molar-refractivity contribution < 1.29 is 24.5 Å². The number of nitrogens with two attached hydrogens (primary N) is 1. The molecule has 1 aromatic rings. The minimum atomic E-state index is -1.77. The quantitative estimate of drug-likeness (QED) is 0.338. The fourth-order valence-electron chi connectivity index (χ4n) is 1.39. The van der Waals surface area contributed by atoms with Crippen LogP contribution in [0, 0.1) is 0 Å². The van der Waals surface area contributed by atoms with E-state index in [2.05, 4.69) is 5.43 Å². The first-order valence-corrected chi connectivity index (χ1v) is 5.19. The number of aliphatic hydroxyl groups is 1. The lowest BCUT2D eigenvalue weighted by Gasteiger charge is -2.13. The summed E-state index contributed by atoms with van der Waals surface area (Å²) in [7, 11) is 0. The maximum atomic E-state index is 11.5. The number of carboxylic acid groups (broad SMARTS) is 1. The molecule has 7 nitrogen and oxygen atoms in total. The van der Waals surface area contributed by atoms with E-state index in [1.807, 2.05) is 0 Å². The summed E-state index contributed by atoms with van der Waals surface area (Å²) in [6.45, 7) is 1.85. The van der Waals surface area contributed by atoms with E-state index in [9.17, 15) is 14.7 Å². The number of anilines is 1. The normalized spacial score (nSPS) is 11.7. The molecule has 0 saturated heterocycles. The van der Waals surface area contributed by atoms with Crippen molar-refractivity contribution in [3.63, 3.8) is 0 Å². The number of rotatable bonds is 5. The number of nitrogen functional groups attached to an aromatic ring is 1. The Hall–Kier alpha value is -2.12. The van der Waals surface area contributed by atoms with Crippen LogP contribution in [-0.2, 0) is 9.53 Å². The number of carboxylic acids is 1. The summed E-state index contributed by atoms with van der Waals surface area (Å²) in [5.74, 6) is 3.17. The van der Waals surface area contributed by atoms with Gasteiger partial charge in [0.05, 0.1) is 17.9 Å². The van der Waals surface area contributed by atoms with Gasteiger partial charge in [0.2, 0.25) is 0 Å². The van der Waals surface area contributed by atoms with Crippen LogP contribution in [0.25, 0.3) is 0 Å². The van der Waals surface area contributed by atoms with E-state index in [0.717, 1.165) is 0 Å². The molecule has 0 heterocycles. The van der Waals surface area contributed by atoms with Gasteiger partial charge in [0, 0.05) is 5.56 Å². The number of hydrogen-bond acceptors (Lipinski definition) is 6. The first-order chi connectivity index (χ1) is 8.51. The Labute approximate surface area is 103 Å². The second-order valence-electron chi connectivity index (χ2n) is 3.41. The minimum Gasteiger partial charge on any atom is -0.479 e. The molecule has 18 heavy (non-hydrogen) atoms.